The summed E-state index contributed by atoms with van der Waals surface area (Å²) in [7, 11) is 3.32. The molecule has 19 heavy (non-hydrogen) atoms. The predicted octanol–water partition coefficient (Wildman–Crippen LogP) is 0.528. The fourth-order valence-corrected chi connectivity index (χ4v) is 1.73. The summed E-state index contributed by atoms with van der Waals surface area (Å²) in [6, 6.07) is 5.07. The molecule has 1 unspecified atom stereocenters. The number of methoxy groups -OCH3 is 1. The third-order valence-corrected chi connectivity index (χ3v) is 2.52. The van der Waals surface area contributed by atoms with Gasteiger partial charge in [0.15, 0.2) is 0 Å². The van der Waals surface area contributed by atoms with Crippen molar-refractivity contribution in [2.45, 2.75) is 13.0 Å². The topological polar surface area (TPSA) is 87.8 Å². The molecule has 1 aromatic carbocycles. The van der Waals surface area contributed by atoms with E-state index in [4.69, 9.17) is 10.5 Å². The SMILES string of the molecule is COc1ccc(NC(=O)CN(C)CC(C)O)c(N)c1. The minimum Gasteiger partial charge on any atom is -0.497 e. The van der Waals surface area contributed by atoms with Crippen molar-refractivity contribution in [3.63, 3.8) is 0 Å². The summed E-state index contributed by atoms with van der Waals surface area (Å²) in [5.74, 6) is 0.460. The molecule has 0 fully saturated rings. The molecule has 1 atom stereocenters. The average molecular weight is 267 g/mol. The van der Waals surface area contributed by atoms with Gasteiger partial charge in [0.05, 0.1) is 31.1 Å². The van der Waals surface area contributed by atoms with Gasteiger partial charge in [0.25, 0.3) is 0 Å². The molecule has 0 aliphatic rings. The molecule has 0 spiro atoms. The van der Waals surface area contributed by atoms with Crippen LogP contribution in [-0.2, 0) is 4.79 Å². The molecule has 0 aromatic heterocycles. The number of carbonyl (C=O) groups excluding carboxylic acids is 1. The number of carbonyl (C=O) groups is 1. The molecule has 0 saturated heterocycles. The van der Waals surface area contributed by atoms with Gasteiger partial charge in [-0.3, -0.25) is 9.69 Å². The smallest absolute Gasteiger partial charge is 0.238 e. The normalized spacial score (nSPS) is 12.3. The van der Waals surface area contributed by atoms with Crippen molar-refractivity contribution in [3.05, 3.63) is 18.2 Å². The van der Waals surface area contributed by atoms with Crippen molar-refractivity contribution in [2.75, 3.05) is 38.3 Å². The van der Waals surface area contributed by atoms with Gasteiger partial charge in [-0.15, -0.1) is 0 Å². The molecule has 1 aromatic rings. The number of amides is 1. The molecule has 6 heteroatoms. The first-order valence-electron chi connectivity index (χ1n) is 6.02. The van der Waals surface area contributed by atoms with E-state index >= 15 is 0 Å². The minimum atomic E-state index is -0.469. The predicted molar refractivity (Wildman–Crippen MR) is 75.2 cm³/mol. The van der Waals surface area contributed by atoms with E-state index in [1.165, 1.54) is 0 Å². The number of anilines is 2. The van der Waals surface area contributed by atoms with Crippen LogP contribution in [0.3, 0.4) is 0 Å². The van der Waals surface area contributed by atoms with Crippen LogP contribution >= 0.6 is 0 Å². The fourth-order valence-electron chi connectivity index (χ4n) is 1.73. The number of aliphatic hydroxyl groups is 1. The molecular formula is C13H21N3O3. The fraction of sp³-hybridized carbons (Fsp3) is 0.462. The molecule has 0 heterocycles. The largest absolute Gasteiger partial charge is 0.497 e. The van der Waals surface area contributed by atoms with E-state index in [1.807, 2.05) is 0 Å². The summed E-state index contributed by atoms with van der Waals surface area (Å²) in [6.07, 6.45) is -0.469. The number of benzene rings is 1. The lowest BCUT2D eigenvalue weighted by molar-refractivity contribution is -0.117. The van der Waals surface area contributed by atoms with Crippen LogP contribution in [-0.4, -0.2) is 49.3 Å². The lowest BCUT2D eigenvalue weighted by Gasteiger charge is -2.18. The second-order valence-corrected chi connectivity index (χ2v) is 4.55. The lowest BCUT2D eigenvalue weighted by atomic mass is 10.2. The van der Waals surface area contributed by atoms with E-state index in [-0.39, 0.29) is 12.5 Å². The first kappa shape index (κ1) is 15.3. The number of ether oxygens (including phenoxy) is 1. The van der Waals surface area contributed by atoms with E-state index in [0.29, 0.717) is 23.7 Å². The Bertz CT molecular complexity index is 435. The Morgan fingerprint density at radius 1 is 1.58 bits per heavy atom. The van der Waals surface area contributed by atoms with Crippen LogP contribution in [0.1, 0.15) is 6.92 Å². The number of hydrogen-bond acceptors (Lipinski definition) is 5. The highest BCUT2D eigenvalue weighted by Crippen LogP contribution is 2.23. The highest BCUT2D eigenvalue weighted by Gasteiger charge is 2.10. The first-order chi connectivity index (χ1) is 8.92. The Kier molecular flexibility index (Phi) is 5.59. The minimum absolute atomic E-state index is 0.181. The van der Waals surface area contributed by atoms with Crippen molar-refractivity contribution >= 4 is 17.3 Å². The maximum Gasteiger partial charge on any atom is 0.238 e. The number of nitrogens with two attached hydrogens (primary N) is 1. The van der Waals surface area contributed by atoms with Gasteiger partial charge in [0, 0.05) is 12.6 Å². The van der Waals surface area contributed by atoms with E-state index in [9.17, 15) is 9.90 Å². The molecule has 0 saturated carbocycles. The van der Waals surface area contributed by atoms with E-state index < -0.39 is 6.10 Å². The molecule has 6 nitrogen and oxygen atoms in total. The number of hydrogen-bond donors (Lipinski definition) is 3. The second-order valence-electron chi connectivity index (χ2n) is 4.55. The first-order valence-corrected chi connectivity index (χ1v) is 6.02. The van der Waals surface area contributed by atoms with Gasteiger partial charge in [0.2, 0.25) is 5.91 Å². The van der Waals surface area contributed by atoms with Gasteiger partial charge >= 0.3 is 0 Å². The summed E-state index contributed by atoms with van der Waals surface area (Å²) in [5, 5.41) is 11.9. The van der Waals surface area contributed by atoms with Crippen LogP contribution in [0.4, 0.5) is 11.4 Å². The number of nitrogen functional groups attached to an aromatic ring is 1. The van der Waals surface area contributed by atoms with Crippen molar-refractivity contribution in [1.82, 2.24) is 4.90 Å². The molecule has 0 radical (unpaired) electrons. The monoisotopic (exact) mass is 267 g/mol. The Morgan fingerprint density at radius 3 is 2.79 bits per heavy atom. The maximum atomic E-state index is 11.8. The highest BCUT2D eigenvalue weighted by molar-refractivity contribution is 5.95. The van der Waals surface area contributed by atoms with Crippen molar-refractivity contribution < 1.29 is 14.6 Å². The Hall–Kier alpha value is -1.79. The van der Waals surface area contributed by atoms with Crippen LogP contribution in [0.15, 0.2) is 18.2 Å². The van der Waals surface area contributed by atoms with Gasteiger partial charge in [-0.1, -0.05) is 0 Å². The van der Waals surface area contributed by atoms with E-state index in [2.05, 4.69) is 5.32 Å². The quantitative estimate of drug-likeness (QED) is 0.654. The van der Waals surface area contributed by atoms with Gasteiger partial charge in [-0.2, -0.15) is 0 Å². The van der Waals surface area contributed by atoms with Crippen molar-refractivity contribution in [1.29, 1.82) is 0 Å². The molecule has 1 amide bonds. The number of nitrogens with one attached hydrogen (secondary N) is 1. The number of aliphatic hydroxyl groups excluding tert-OH is 1. The second kappa shape index (κ2) is 6.96. The third kappa shape index (κ3) is 5.15. The lowest BCUT2D eigenvalue weighted by Crippen LogP contribution is -2.34. The zero-order valence-corrected chi connectivity index (χ0v) is 11.5. The van der Waals surface area contributed by atoms with E-state index in [1.54, 1.807) is 44.2 Å². The average Bonchev–Trinajstić information content (AvgIpc) is 2.30. The molecular weight excluding hydrogens is 246 g/mol. The summed E-state index contributed by atoms with van der Waals surface area (Å²) in [4.78, 5) is 13.5. The van der Waals surface area contributed by atoms with Crippen LogP contribution in [0, 0.1) is 0 Å². The van der Waals surface area contributed by atoms with Crippen molar-refractivity contribution in [3.8, 4) is 5.75 Å². The summed E-state index contributed by atoms with van der Waals surface area (Å²) < 4.78 is 5.03. The molecule has 4 N–H and O–H groups in total. The van der Waals surface area contributed by atoms with Gasteiger partial charge in [0.1, 0.15) is 5.75 Å². The summed E-state index contributed by atoms with van der Waals surface area (Å²) in [5.41, 5.74) is 6.81. The molecule has 0 bridgehead atoms. The standard InChI is InChI=1S/C13H21N3O3/c1-9(17)7-16(2)8-13(18)15-12-5-4-10(19-3)6-11(12)14/h4-6,9,17H,7-8,14H2,1-3H3,(H,15,18). The van der Waals surface area contributed by atoms with Crippen LogP contribution in [0.5, 0.6) is 5.75 Å². The summed E-state index contributed by atoms with van der Waals surface area (Å²) >= 11 is 0. The zero-order chi connectivity index (χ0) is 14.4. The van der Waals surface area contributed by atoms with Gasteiger partial charge in [-0.25, -0.2) is 0 Å². The molecule has 0 aliphatic carbocycles. The highest BCUT2D eigenvalue weighted by atomic mass is 16.5. The van der Waals surface area contributed by atoms with Crippen LogP contribution in [0.25, 0.3) is 0 Å². The third-order valence-electron chi connectivity index (χ3n) is 2.52. The van der Waals surface area contributed by atoms with E-state index in [0.717, 1.165) is 0 Å². The zero-order valence-electron chi connectivity index (χ0n) is 11.5. The molecule has 1 rings (SSSR count). The van der Waals surface area contributed by atoms with Crippen LogP contribution in [0.2, 0.25) is 0 Å². The maximum absolute atomic E-state index is 11.8. The van der Waals surface area contributed by atoms with Gasteiger partial charge in [-0.05, 0) is 26.1 Å². The molecule has 106 valence electrons. The van der Waals surface area contributed by atoms with Crippen molar-refractivity contribution in [2.24, 2.45) is 0 Å². The Morgan fingerprint density at radius 2 is 2.26 bits per heavy atom. The Labute approximate surface area is 113 Å². The van der Waals surface area contributed by atoms with Crippen LogP contribution < -0.4 is 15.8 Å². The number of nitrogens with zero attached hydrogens (tertiary/aromatic N) is 1. The number of rotatable bonds is 6. The number of likely N-dealkylation sites (N-methyl/N-ethyl adjacent to an activating group) is 1. The summed E-state index contributed by atoms with van der Waals surface area (Å²) in [6.45, 7) is 2.30. The Balaban J connectivity index is 2.57. The molecule has 0 aliphatic heterocycles. The van der Waals surface area contributed by atoms with Gasteiger partial charge < -0.3 is 20.9 Å².